The predicted molar refractivity (Wildman–Crippen MR) is 87.4 cm³/mol. The molecule has 2 heterocycles. The van der Waals surface area contributed by atoms with Gasteiger partial charge in [0, 0.05) is 12.4 Å². The number of rotatable bonds is 3. The maximum Gasteiger partial charge on any atom is 0.257 e. The molecule has 5 nitrogen and oxygen atoms in total. The second-order valence-corrected chi connectivity index (χ2v) is 5.49. The van der Waals surface area contributed by atoms with Gasteiger partial charge in [-0.05, 0) is 36.8 Å². The summed E-state index contributed by atoms with van der Waals surface area (Å²) in [6.45, 7) is 2.04. The first-order valence-electron chi connectivity index (χ1n) is 6.77. The maximum absolute atomic E-state index is 12.2. The van der Waals surface area contributed by atoms with Crippen LogP contribution in [0.15, 0.2) is 47.5 Å². The summed E-state index contributed by atoms with van der Waals surface area (Å²) < 4.78 is 1.72. The van der Waals surface area contributed by atoms with E-state index in [1.807, 2.05) is 13.0 Å². The standard InChI is InChI=1S/C16H14ClN3O2/c1-10-2-3-13(12(17)8-10)19-15(21)9-20-7-5-11-14(20)4-6-18-16(11)22/h2-8H,9H2,1H3,(H,18,22)(H,19,21). The summed E-state index contributed by atoms with van der Waals surface area (Å²) in [5.41, 5.74) is 2.15. The molecule has 2 N–H and O–H groups in total. The third-order valence-electron chi connectivity index (χ3n) is 3.42. The Morgan fingerprint density at radius 1 is 1.32 bits per heavy atom. The van der Waals surface area contributed by atoms with Gasteiger partial charge < -0.3 is 14.9 Å². The third-order valence-corrected chi connectivity index (χ3v) is 3.73. The number of carbonyl (C=O) groups excluding carboxylic acids is 1. The lowest BCUT2D eigenvalue weighted by Gasteiger charge is -2.09. The van der Waals surface area contributed by atoms with Crippen LogP contribution in [0, 0.1) is 6.92 Å². The van der Waals surface area contributed by atoms with Crippen LogP contribution in [0.2, 0.25) is 5.02 Å². The zero-order valence-corrected chi connectivity index (χ0v) is 12.6. The van der Waals surface area contributed by atoms with E-state index in [2.05, 4.69) is 10.3 Å². The van der Waals surface area contributed by atoms with E-state index in [9.17, 15) is 9.59 Å². The van der Waals surface area contributed by atoms with E-state index in [0.29, 0.717) is 21.6 Å². The molecule has 6 heteroatoms. The van der Waals surface area contributed by atoms with E-state index in [-0.39, 0.29) is 18.0 Å². The van der Waals surface area contributed by atoms with Crippen molar-refractivity contribution < 1.29 is 4.79 Å². The van der Waals surface area contributed by atoms with Gasteiger partial charge in [-0.15, -0.1) is 0 Å². The summed E-state index contributed by atoms with van der Waals surface area (Å²) in [7, 11) is 0. The molecule has 2 aromatic heterocycles. The summed E-state index contributed by atoms with van der Waals surface area (Å²) in [6.07, 6.45) is 3.28. The number of aromatic amines is 1. The van der Waals surface area contributed by atoms with Crippen LogP contribution in [-0.2, 0) is 11.3 Å². The Hall–Kier alpha value is -2.53. The highest BCUT2D eigenvalue weighted by molar-refractivity contribution is 6.33. The number of anilines is 1. The highest BCUT2D eigenvalue weighted by Gasteiger charge is 2.09. The molecule has 0 bridgehead atoms. The number of carbonyl (C=O) groups is 1. The molecule has 3 rings (SSSR count). The van der Waals surface area contributed by atoms with Crippen molar-refractivity contribution in [2.24, 2.45) is 0 Å². The van der Waals surface area contributed by atoms with Gasteiger partial charge in [-0.3, -0.25) is 9.59 Å². The minimum Gasteiger partial charge on any atom is -0.338 e. The first-order valence-corrected chi connectivity index (χ1v) is 7.15. The number of aryl methyl sites for hydroxylation is 1. The average Bonchev–Trinajstić information content (AvgIpc) is 2.87. The van der Waals surface area contributed by atoms with Crippen LogP contribution in [0.25, 0.3) is 10.9 Å². The molecule has 0 aliphatic carbocycles. The van der Waals surface area contributed by atoms with Gasteiger partial charge in [0.15, 0.2) is 0 Å². The molecule has 0 unspecified atom stereocenters. The van der Waals surface area contributed by atoms with Crippen molar-refractivity contribution in [3.63, 3.8) is 0 Å². The number of halogens is 1. The molecule has 0 radical (unpaired) electrons. The number of nitrogens with zero attached hydrogens (tertiary/aromatic N) is 1. The molecule has 1 aromatic carbocycles. The Balaban J connectivity index is 1.81. The van der Waals surface area contributed by atoms with Crippen LogP contribution in [0.5, 0.6) is 0 Å². The Bertz CT molecular complexity index is 911. The SMILES string of the molecule is Cc1ccc(NC(=O)Cn2ccc3c(=O)[nH]ccc32)c(Cl)c1. The zero-order valence-electron chi connectivity index (χ0n) is 11.9. The normalized spacial score (nSPS) is 10.8. The van der Waals surface area contributed by atoms with Crippen molar-refractivity contribution in [1.29, 1.82) is 0 Å². The fourth-order valence-electron chi connectivity index (χ4n) is 2.34. The number of fused-ring (bicyclic) bond motifs is 1. The van der Waals surface area contributed by atoms with Gasteiger partial charge in [-0.25, -0.2) is 0 Å². The lowest BCUT2D eigenvalue weighted by Crippen LogP contribution is -2.18. The quantitative estimate of drug-likeness (QED) is 0.780. The van der Waals surface area contributed by atoms with Gasteiger partial charge in [0.25, 0.3) is 5.56 Å². The molecule has 1 amide bonds. The number of hydrogen-bond acceptors (Lipinski definition) is 2. The molecular formula is C16H14ClN3O2. The Labute approximate surface area is 131 Å². The smallest absolute Gasteiger partial charge is 0.257 e. The van der Waals surface area contributed by atoms with Crippen molar-refractivity contribution in [2.75, 3.05) is 5.32 Å². The van der Waals surface area contributed by atoms with Crippen LogP contribution in [0.1, 0.15) is 5.56 Å². The van der Waals surface area contributed by atoms with Crippen molar-refractivity contribution in [1.82, 2.24) is 9.55 Å². The maximum atomic E-state index is 12.2. The molecule has 112 valence electrons. The summed E-state index contributed by atoms with van der Waals surface area (Å²) in [6, 6.07) is 8.91. The van der Waals surface area contributed by atoms with Crippen molar-refractivity contribution in [3.05, 3.63) is 63.7 Å². The third kappa shape index (κ3) is 2.76. The van der Waals surface area contributed by atoms with E-state index in [1.165, 1.54) is 0 Å². The number of hydrogen-bond donors (Lipinski definition) is 2. The topological polar surface area (TPSA) is 66.9 Å². The van der Waals surface area contributed by atoms with Gasteiger partial charge in [-0.1, -0.05) is 17.7 Å². The number of benzene rings is 1. The zero-order chi connectivity index (χ0) is 15.7. The van der Waals surface area contributed by atoms with E-state index in [4.69, 9.17) is 11.6 Å². The van der Waals surface area contributed by atoms with Gasteiger partial charge >= 0.3 is 0 Å². The first kappa shape index (κ1) is 14.4. The molecule has 0 atom stereocenters. The van der Waals surface area contributed by atoms with E-state index >= 15 is 0 Å². The second kappa shape index (κ2) is 5.69. The highest BCUT2D eigenvalue weighted by atomic mass is 35.5. The number of pyridine rings is 1. The Morgan fingerprint density at radius 3 is 2.91 bits per heavy atom. The summed E-state index contributed by atoms with van der Waals surface area (Å²) in [5, 5.41) is 3.84. The molecule has 22 heavy (non-hydrogen) atoms. The minimum absolute atomic E-state index is 0.108. The molecule has 0 aliphatic rings. The Morgan fingerprint density at radius 2 is 2.14 bits per heavy atom. The van der Waals surface area contributed by atoms with E-state index in [0.717, 1.165) is 5.56 Å². The molecule has 3 aromatic rings. The van der Waals surface area contributed by atoms with Gasteiger partial charge in [0.05, 0.1) is 21.6 Å². The predicted octanol–water partition coefficient (Wildman–Crippen LogP) is 2.93. The van der Waals surface area contributed by atoms with E-state index in [1.54, 1.807) is 41.2 Å². The van der Waals surface area contributed by atoms with Crippen LogP contribution in [-0.4, -0.2) is 15.5 Å². The van der Waals surface area contributed by atoms with Crippen LogP contribution < -0.4 is 10.9 Å². The molecule has 0 spiro atoms. The number of H-pyrrole nitrogens is 1. The molecule has 0 saturated heterocycles. The number of nitrogens with one attached hydrogen (secondary N) is 2. The fourth-order valence-corrected chi connectivity index (χ4v) is 2.62. The van der Waals surface area contributed by atoms with Crippen molar-refractivity contribution in [2.45, 2.75) is 13.5 Å². The highest BCUT2D eigenvalue weighted by Crippen LogP contribution is 2.22. The van der Waals surface area contributed by atoms with Crippen LogP contribution in [0.4, 0.5) is 5.69 Å². The van der Waals surface area contributed by atoms with Gasteiger partial charge in [0.2, 0.25) is 5.91 Å². The molecular weight excluding hydrogens is 302 g/mol. The molecule has 0 aliphatic heterocycles. The minimum atomic E-state index is -0.205. The van der Waals surface area contributed by atoms with Gasteiger partial charge in [0.1, 0.15) is 6.54 Å². The summed E-state index contributed by atoms with van der Waals surface area (Å²) in [5.74, 6) is -0.205. The van der Waals surface area contributed by atoms with Crippen molar-refractivity contribution >= 4 is 34.1 Å². The molecule has 0 saturated carbocycles. The lowest BCUT2D eigenvalue weighted by atomic mass is 10.2. The van der Waals surface area contributed by atoms with Crippen LogP contribution in [0.3, 0.4) is 0 Å². The van der Waals surface area contributed by atoms with Crippen LogP contribution >= 0.6 is 11.6 Å². The Kier molecular flexibility index (Phi) is 3.73. The second-order valence-electron chi connectivity index (χ2n) is 5.08. The lowest BCUT2D eigenvalue weighted by molar-refractivity contribution is -0.116. The fraction of sp³-hybridized carbons (Fsp3) is 0.125. The average molecular weight is 316 g/mol. The summed E-state index contributed by atoms with van der Waals surface area (Å²) in [4.78, 5) is 26.4. The summed E-state index contributed by atoms with van der Waals surface area (Å²) >= 11 is 6.10. The van der Waals surface area contributed by atoms with Crippen molar-refractivity contribution in [3.8, 4) is 0 Å². The first-order chi connectivity index (χ1) is 10.5. The van der Waals surface area contributed by atoms with E-state index < -0.39 is 0 Å². The number of amides is 1. The largest absolute Gasteiger partial charge is 0.338 e. The van der Waals surface area contributed by atoms with Gasteiger partial charge in [-0.2, -0.15) is 0 Å². The molecule has 0 fully saturated rings. The number of aromatic nitrogens is 2. The monoisotopic (exact) mass is 315 g/mol.